The number of carbonyl (C=O) groups excluding carboxylic acids is 1. The van der Waals surface area contributed by atoms with E-state index in [1.807, 2.05) is 49.3 Å². The zero-order valence-corrected chi connectivity index (χ0v) is 22.5. The Balaban J connectivity index is 1.24. The minimum Gasteiger partial charge on any atom is -0.378 e. The second kappa shape index (κ2) is 11.5. The first-order valence-electron chi connectivity index (χ1n) is 13.1. The maximum atomic E-state index is 13.7. The molecular weight excluding hydrogens is 482 g/mol. The summed E-state index contributed by atoms with van der Waals surface area (Å²) in [6.45, 7) is 2.25. The molecule has 0 bridgehead atoms. The molecule has 8 heteroatoms. The molecule has 0 unspecified atom stereocenters. The Morgan fingerprint density at radius 1 is 1.11 bits per heavy atom. The third-order valence-electron chi connectivity index (χ3n) is 7.19. The molecule has 0 spiro atoms. The van der Waals surface area contributed by atoms with E-state index in [-0.39, 0.29) is 11.5 Å². The number of nitrogens with one attached hydrogen (secondary N) is 1. The molecule has 1 fully saturated rings. The average molecular weight is 518 g/mol. The lowest BCUT2D eigenvalue weighted by atomic mass is 10.0. The molecule has 5 rings (SSSR count). The zero-order valence-electron chi connectivity index (χ0n) is 21.7. The second-order valence-electron chi connectivity index (χ2n) is 10.0. The number of rotatable bonds is 9. The van der Waals surface area contributed by atoms with Crippen molar-refractivity contribution in [2.75, 3.05) is 32.1 Å². The lowest BCUT2D eigenvalue weighted by molar-refractivity contribution is -0.132. The van der Waals surface area contributed by atoms with Gasteiger partial charge in [-0.15, -0.1) is 0 Å². The van der Waals surface area contributed by atoms with Gasteiger partial charge in [0.25, 0.3) is 5.56 Å². The molecule has 2 aliphatic rings. The fraction of sp³-hybridized carbons (Fsp3) is 0.414. The predicted octanol–water partition coefficient (Wildman–Crippen LogP) is 4.01. The van der Waals surface area contributed by atoms with Gasteiger partial charge in [0, 0.05) is 57.5 Å². The van der Waals surface area contributed by atoms with Crippen molar-refractivity contribution in [1.82, 2.24) is 19.8 Å². The van der Waals surface area contributed by atoms with Gasteiger partial charge in [-0.3, -0.25) is 14.2 Å². The molecule has 1 saturated carbocycles. The largest absolute Gasteiger partial charge is 0.378 e. The first kappa shape index (κ1) is 25.5. The van der Waals surface area contributed by atoms with Crippen molar-refractivity contribution in [1.29, 1.82) is 0 Å². The molecule has 1 aliphatic heterocycles. The maximum Gasteiger partial charge on any atom is 0.264 e. The molecule has 7 nitrogen and oxygen atoms in total. The Kier molecular flexibility index (Phi) is 7.96. The second-order valence-corrected chi connectivity index (χ2v) is 11.3. The number of benzene rings is 2. The number of hydrogen-bond donors (Lipinski definition) is 1. The fourth-order valence-corrected chi connectivity index (χ4v) is 6.01. The van der Waals surface area contributed by atoms with Gasteiger partial charge in [0.05, 0.1) is 23.5 Å². The quantitative estimate of drug-likeness (QED) is 0.342. The van der Waals surface area contributed by atoms with E-state index < -0.39 is 0 Å². The smallest absolute Gasteiger partial charge is 0.264 e. The number of nitrogens with zero attached hydrogens (tertiary/aromatic N) is 4. The topological polar surface area (TPSA) is 70.5 Å². The molecule has 1 N–H and O–H groups in total. The van der Waals surface area contributed by atoms with Gasteiger partial charge in [0.1, 0.15) is 0 Å². The Hall–Kier alpha value is -3.10. The summed E-state index contributed by atoms with van der Waals surface area (Å²) < 4.78 is 1.75. The number of carbonyl (C=O) groups is 1. The van der Waals surface area contributed by atoms with E-state index >= 15 is 0 Å². The molecule has 0 atom stereocenters. The third kappa shape index (κ3) is 5.91. The van der Waals surface area contributed by atoms with Crippen molar-refractivity contribution in [3.63, 3.8) is 0 Å². The van der Waals surface area contributed by atoms with Gasteiger partial charge < -0.3 is 15.1 Å². The van der Waals surface area contributed by atoms with Crippen LogP contribution in [0.1, 0.15) is 42.5 Å². The number of hydrogen-bond acceptors (Lipinski definition) is 6. The standard InChI is InChI=1S/C29H35N5O2S/c1-32(2)22-13-11-21(12-14-22)19-30-17-15-27(35)33-18-16-26-25(20-33)28(36)34(23-7-4-3-5-8-23)29(31-26)37-24-9-6-10-24/h3-5,7-8,11-14,24,30H,6,9-10,15-20H2,1-2H3. The highest BCUT2D eigenvalue weighted by Gasteiger charge is 2.28. The first-order valence-corrected chi connectivity index (χ1v) is 14.0. The van der Waals surface area contributed by atoms with Crippen LogP contribution in [0.25, 0.3) is 5.69 Å². The summed E-state index contributed by atoms with van der Waals surface area (Å²) >= 11 is 1.72. The Bertz CT molecular complexity index is 1290. The molecule has 0 saturated heterocycles. The molecular formula is C29H35N5O2S. The number of amides is 1. The zero-order chi connectivity index (χ0) is 25.8. The van der Waals surface area contributed by atoms with Crippen LogP contribution in [-0.2, 0) is 24.3 Å². The molecule has 0 radical (unpaired) electrons. The first-order chi connectivity index (χ1) is 18.0. The van der Waals surface area contributed by atoms with Crippen LogP contribution in [0.5, 0.6) is 0 Å². The van der Waals surface area contributed by atoms with E-state index in [0.717, 1.165) is 23.1 Å². The van der Waals surface area contributed by atoms with Crippen LogP contribution in [-0.4, -0.2) is 52.8 Å². The third-order valence-corrected chi connectivity index (χ3v) is 8.48. The highest BCUT2D eigenvalue weighted by atomic mass is 32.2. The lowest BCUT2D eigenvalue weighted by Crippen LogP contribution is -2.42. The minimum atomic E-state index is -0.0465. The van der Waals surface area contributed by atoms with Crippen molar-refractivity contribution in [2.24, 2.45) is 0 Å². The van der Waals surface area contributed by atoms with Crippen LogP contribution in [0, 0.1) is 0 Å². The lowest BCUT2D eigenvalue weighted by Gasteiger charge is -2.30. The summed E-state index contributed by atoms with van der Waals surface area (Å²) in [5.74, 6) is 0.0692. The van der Waals surface area contributed by atoms with Gasteiger partial charge in [-0.1, -0.05) is 48.5 Å². The van der Waals surface area contributed by atoms with Crippen molar-refractivity contribution < 1.29 is 4.79 Å². The van der Waals surface area contributed by atoms with Crippen molar-refractivity contribution >= 4 is 23.4 Å². The van der Waals surface area contributed by atoms with Gasteiger partial charge in [0.2, 0.25) is 5.91 Å². The highest BCUT2D eigenvalue weighted by Crippen LogP contribution is 2.36. The van der Waals surface area contributed by atoms with E-state index in [4.69, 9.17) is 4.98 Å². The van der Waals surface area contributed by atoms with Gasteiger partial charge in [-0.25, -0.2) is 4.98 Å². The molecule has 2 heterocycles. The highest BCUT2D eigenvalue weighted by molar-refractivity contribution is 7.99. The van der Waals surface area contributed by atoms with Crippen LogP contribution in [0.15, 0.2) is 64.5 Å². The normalized spacial score (nSPS) is 15.2. The summed E-state index contributed by atoms with van der Waals surface area (Å²) in [4.78, 5) is 35.6. The number of anilines is 1. The summed E-state index contributed by atoms with van der Waals surface area (Å²) in [6, 6.07) is 18.1. The van der Waals surface area contributed by atoms with Crippen molar-refractivity contribution in [3.8, 4) is 5.69 Å². The van der Waals surface area contributed by atoms with Crippen molar-refractivity contribution in [2.45, 2.75) is 55.6 Å². The Morgan fingerprint density at radius 3 is 2.54 bits per heavy atom. The number of thioether (sulfide) groups is 1. The minimum absolute atomic E-state index is 0.0465. The maximum absolute atomic E-state index is 13.7. The SMILES string of the molecule is CN(C)c1ccc(CNCCC(=O)N2CCc3nc(SC4CCC4)n(-c4ccccc4)c(=O)c3C2)cc1. The number of fused-ring (bicyclic) bond motifs is 1. The van der Waals surface area contributed by atoms with E-state index in [1.165, 1.54) is 30.5 Å². The van der Waals surface area contributed by atoms with E-state index in [1.54, 1.807) is 16.3 Å². The predicted molar refractivity (Wildman–Crippen MR) is 150 cm³/mol. The summed E-state index contributed by atoms with van der Waals surface area (Å²) in [6.07, 6.45) is 4.61. The average Bonchev–Trinajstić information content (AvgIpc) is 2.89. The molecule has 194 valence electrons. The van der Waals surface area contributed by atoms with E-state index in [2.05, 4.69) is 34.5 Å². The van der Waals surface area contributed by atoms with Crippen LogP contribution in [0.3, 0.4) is 0 Å². The number of aromatic nitrogens is 2. The summed E-state index contributed by atoms with van der Waals surface area (Å²) in [5, 5.41) is 4.68. The van der Waals surface area contributed by atoms with Crippen LogP contribution in [0.2, 0.25) is 0 Å². The van der Waals surface area contributed by atoms with Crippen LogP contribution in [0.4, 0.5) is 5.69 Å². The van der Waals surface area contributed by atoms with E-state index in [9.17, 15) is 9.59 Å². The Morgan fingerprint density at radius 2 is 1.86 bits per heavy atom. The van der Waals surface area contributed by atoms with Crippen LogP contribution >= 0.6 is 11.8 Å². The molecule has 37 heavy (non-hydrogen) atoms. The molecule has 1 aromatic heterocycles. The summed E-state index contributed by atoms with van der Waals surface area (Å²) in [7, 11) is 4.05. The van der Waals surface area contributed by atoms with Gasteiger partial charge in [0.15, 0.2) is 5.16 Å². The van der Waals surface area contributed by atoms with Crippen LogP contribution < -0.4 is 15.8 Å². The molecule has 2 aromatic carbocycles. The van der Waals surface area contributed by atoms with Gasteiger partial charge in [-0.05, 0) is 42.7 Å². The molecule has 1 amide bonds. The molecule has 1 aliphatic carbocycles. The summed E-state index contributed by atoms with van der Waals surface area (Å²) in [5.41, 5.74) is 4.63. The monoisotopic (exact) mass is 517 g/mol. The molecule has 3 aromatic rings. The van der Waals surface area contributed by atoms with Crippen molar-refractivity contribution in [3.05, 3.63) is 81.8 Å². The number of para-hydroxylation sites is 1. The Labute approximate surface area is 222 Å². The van der Waals surface area contributed by atoms with Gasteiger partial charge >= 0.3 is 0 Å². The van der Waals surface area contributed by atoms with Gasteiger partial charge in [-0.2, -0.15) is 0 Å². The van der Waals surface area contributed by atoms with E-state index in [0.29, 0.717) is 43.3 Å². The fourth-order valence-electron chi connectivity index (χ4n) is 4.69.